The summed E-state index contributed by atoms with van der Waals surface area (Å²) in [4.78, 5) is 11.4. The second kappa shape index (κ2) is 6.01. The molecular formula is C16H22BFO4. The van der Waals surface area contributed by atoms with Gasteiger partial charge in [-0.2, -0.15) is 0 Å². The van der Waals surface area contributed by atoms with Crippen molar-refractivity contribution < 1.29 is 23.2 Å². The zero-order valence-corrected chi connectivity index (χ0v) is 13.7. The molecule has 6 heteroatoms. The zero-order valence-electron chi connectivity index (χ0n) is 13.7. The van der Waals surface area contributed by atoms with Gasteiger partial charge in [0, 0.05) is 5.46 Å². The predicted molar refractivity (Wildman–Crippen MR) is 82.5 cm³/mol. The lowest BCUT2D eigenvalue weighted by Gasteiger charge is -2.32. The molecule has 1 aromatic carbocycles. The molecule has 0 N–H and O–H groups in total. The highest BCUT2D eigenvalue weighted by molar-refractivity contribution is 6.62. The molecular weight excluding hydrogens is 286 g/mol. The van der Waals surface area contributed by atoms with Crippen molar-refractivity contribution in [3.63, 3.8) is 0 Å². The average molecular weight is 308 g/mol. The molecule has 1 heterocycles. The van der Waals surface area contributed by atoms with Crippen molar-refractivity contribution in [3.8, 4) is 0 Å². The van der Waals surface area contributed by atoms with E-state index >= 15 is 0 Å². The van der Waals surface area contributed by atoms with Crippen LogP contribution in [0.1, 0.15) is 40.2 Å². The smallest absolute Gasteiger partial charge is 0.466 e. The molecule has 1 saturated heterocycles. The molecule has 0 saturated carbocycles. The molecule has 1 aromatic rings. The number of carbonyl (C=O) groups excluding carboxylic acids is 1. The van der Waals surface area contributed by atoms with Gasteiger partial charge in [0.15, 0.2) is 0 Å². The molecule has 0 aliphatic carbocycles. The van der Waals surface area contributed by atoms with E-state index in [1.165, 1.54) is 6.07 Å². The zero-order chi connectivity index (χ0) is 16.5. The summed E-state index contributed by atoms with van der Waals surface area (Å²) in [7, 11) is -0.748. The van der Waals surface area contributed by atoms with Crippen molar-refractivity contribution in [1.29, 1.82) is 0 Å². The first-order chi connectivity index (χ1) is 10.2. The topological polar surface area (TPSA) is 44.8 Å². The summed E-state index contributed by atoms with van der Waals surface area (Å²) in [5.74, 6) is -0.814. The van der Waals surface area contributed by atoms with Gasteiger partial charge >= 0.3 is 13.1 Å². The summed E-state index contributed by atoms with van der Waals surface area (Å²) in [6.07, 6.45) is 0.0500. The van der Waals surface area contributed by atoms with E-state index in [9.17, 15) is 9.18 Å². The van der Waals surface area contributed by atoms with Crippen LogP contribution in [-0.4, -0.2) is 30.9 Å². The van der Waals surface area contributed by atoms with Crippen molar-refractivity contribution in [1.82, 2.24) is 0 Å². The molecule has 0 atom stereocenters. The number of esters is 1. The van der Waals surface area contributed by atoms with Crippen LogP contribution in [0.15, 0.2) is 18.2 Å². The van der Waals surface area contributed by atoms with E-state index in [1.54, 1.807) is 19.1 Å². The molecule has 2 rings (SSSR count). The van der Waals surface area contributed by atoms with E-state index in [-0.39, 0.29) is 12.4 Å². The van der Waals surface area contributed by atoms with E-state index in [1.807, 2.05) is 27.7 Å². The third kappa shape index (κ3) is 3.33. The highest BCUT2D eigenvalue weighted by Gasteiger charge is 2.52. The van der Waals surface area contributed by atoms with E-state index in [0.29, 0.717) is 17.6 Å². The maximum Gasteiger partial charge on any atom is 0.497 e. The highest BCUT2D eigenvalue weighted by atomic mass is 19.1. The minimum Gasteiger partial charge on any atom is -0.466 e. The van der Waals surface area contributed by atoms with Gasteiger partial charge < -0.3 is 14.0 Å². The first-order valence-corrected chi connectivity index (χ1v) is 7.46. The van der Waals surface area contributed by atoms with Crippen molar-refractivity contribution >= 4 is 18.6 Å². The van der Waals surface area contributed by atoms with E-state index in [0.717, 1.165) is 0 Å². The summed E-state index contributed by atoms with van der Waals surface area (Å²) in [5, 5.41) is 0. The number of benzene rings is 1. The number of halogens is 1. The van der Waals surface area contributed by atoms with Crippen molar-refractivity contribution in [2.24, 2.45) is 0 Å². The molecule has 1 aliphatic rings. The summed E-state index contributed by atoms with van der Waals surface area (Å²) in [6, 6.07) is 4.63. The van der Waals surface area contributed by atoms with Gasteiger partial charge in [0.2, 0.25) is 0 Å². The lowest BCUT2D eigenvalue weighted by atomic mass is 9.78. The van der Waals surface area contributed by atoms with Gasteiger partial charge in [0.25, 0.3) is 0 Å². The number of hydrogen-bond acceptors (Lipinski definition) is 4. The van der Waals surface area contributed by atoms with Crippen LogP contribution in [0.2, 0.25) is 0 Å². The average Bonchev–Trinajstić information content (AvgIpc) is 2.58. The van der Waals surface area contributed by atoms with Crippen molar-refractivity contribution in [2.45, 2.75) is 52.2 Å². The number of ether oxygens (including phenoxy) is 1. The maximum atomic E-state index is 14.3. The molecule has 0 amide bonds. The normalized spacial score (nSPS) is 19.3. The standard InChI is InChI=1S/C16H22BFO4/c1-6-20-14(19)10-11-7-8-12(13(18)9-11)17-21-15(2,3)16(4,5)22-17/h7-9H,6,10H2,1-5H3. The third-order valence-electron chi connectivity index (χ3n) is 4.23. The van der Waals surface area contributed by atoms with Crippen LogP contribution in [0.4, 0.5) is 4.39 Å². The molecule has 0 spiro atoms. The lowest BCUT2D eigenvalue weighted by molar-refractivity contribution is -0.142. The van der Waals surface area contributed by atoms with Crippen LogP contribution >= 0.6 is 0 Å². The van der Waals surface area contributed by atoms with Gasteiger partial charge in [0.1, 0.15) is 5.82 Å². The first-order valence-electron chi connectivity index (χ1n) is 7.46. The van der Waals surface area contributed by atoms with Crippen LogP contribution in [-0.2, 0) is 25.3 Å². The number of carbonyl (C=O) groups is 1. The van der Waals surface area contributed by atoms with Crippen molar-refractivity contribution in [2.75, 3.05) is 6.61 Å². The molecule has 0 radical (unpaired) electrons. The fourth-order valence-electron chi connectivity index (χ4n) is 2.22. The van der Waals surface area contributed by atoms with Gasteiger partial charge in [-0.1, -0.05) is 12.1 Å². The molecule has 1 aliphatic heterocycles. The molecule has 120 valence electrons. The molecule has 1 fully saturated rings. The van der Waals surface area contributed by atoms with Crippen LogP contribution in [0.3, 0.4) is 0 Å². The molecule has 0 aromatic heterocycles. The number of rotatable bonds is 4. The summed E-state index contributed by atoms with van der Waals surface area (Å²) in [6.45, 7) is 9.72. The van der Waals surface area contributed by atoms with Gasteiger partial charge in [0.05, 0.1) is 24.2 Å². The second-order valence-electron chi connectivity index (χ2n) is 6.43. The Morgan fingerprint density at radius 3 is 2.32 bits per heavy atom. The highest BCUT2D eigenvalue weighted by Crippen LogP contribution is 2.36. The fraction of sp³-hybridized carbons (Fsp3) is 0.562. The van der Waals surface area contributed by atoms with Gasteiger partial charge in [-0.05, 0) is 46.2 Å². The summed E-state index contributed by atoms with van der Waals surface area (Å²) >= 11 is 0. The molecule has 22 heavy (non-hydrogen) atoms. The van der Waals surface area contributed by atoms with E-state index < -0.39 is 24.1 Å². The Balaban J connectivity index is 2.16. The van der Waals surface area contributed by atoms with Crippen LogP contribution in [0, 0.1) is 5.82 Å². The molecule has 0 bridgehead atoms. The second-order valence-corrected chi connectivity index (χ2v) is 6.43. The summed E-state index contributed by atoms with van der Waals surface area (Å²) < 4.78 is 30.9. The Labute approximate surface area is 131 Å². The van der Waals surface area contributed by atoms with E-state index in [4.69, 9.17) is 14.0 Å². The van der Waals surface area contributed by atoms with Crippen molar-refractivity contribution in [3.05, 3.63) is 29.6 Å². The van der Waals surface area contributed by atoms with Gasteiger partial charge in [-0.25, -0.2) is 4.39 Å². The van der Waals surface area contributed by atoms with Gasteiger partial charge in [-0.15, -0.1) is 0 Å². The SMILES string of the molecule is CCOC(=O)Cc1ccc(B2OC(C)(C)C(C)(C)O2)c(F)c1. The Hall–Kier alpha value is -1.40. The minimum atomic E-state index is -0.748. The lowest BCUT2D eigenvalue weighted by Crippen LogP contribution is -2.41. The van der Waals surface area contributed by atoms with Crippen LogP contribution in [0.25, 0.3) is 0 Å². The van der Waals surface area contributed by atoms with Crippen LogP contribution in [0.5, 0.6) is 0 Å². The quantitative estimate of drug-likeness (QED) is 0.632. The fourth-order valence-corrected chi connectivity index (χ4v) is 2.22. The minimum absolute atomic E-state index is 0.0500. The van der Waals surface area contributed by atoms with Crippen LogP contribution < -0.4 is 5.46 Å². The van der Waals surface area contributed by atoms with E-state index in [2.05, 4.69) is 0 Å². The largest absolute Gasteiger partial charge is 0.497 e. The molecule has 0 unspecified atom stereocenters. The third-order valence-corrected chi connectivity index (χ3v) is 4.23. The molecule has 4 nitrogen and oxygen atoms in total. The van der Waals surface area contributed by atoms with Gasteiger partial charge in [-0.3, -0.25) is 4.79 Å². The summed E-state index contributed by atoms with van der Waals surface area (Å²) in [5.41, 5.74) is -0.135. The maximum absolute atomic E-state index is 14.3. The Morgan fingerprint density at radius 1 is 1.23 bits per heavy atom. The predicted octanol–water partition coefficient (Wildman–Crippen LogP) is 2.23. The monoisotopic (exact) mass is 308 g/mol. The first kappa shape index (κ1) is 17.0. The Morgan fingerprint density at radius 2 is 1.82 bits per heavy atom. The Kier molecular flexibility index (Phi) is 4.63. The number of hydrogen-bond donors (Lipinski definition) is 0. The Bertz CT molecular complexity index is 555.